The van der Waals surface area contributed by atoms with Crippen LogP contribution in [0.2, 0.25) is 0 Å². The summed E-state index contributed by atoms with van der Waals surface area (Å²) in [7, 11) is -3.79. The molecule has 0 saturated carbocycles. The Kier molecular flexibility index (Phi) is 11.3. The summed E-state index contributed by atoms with van der Waals surface area (Å²) < 4.78 is 40.4. The lowest BCUT2D eigenvalue weighted by molar-refractivity contribution is -0.141. The van der Waals surface area contributed by atoms with E-state index in [0.29, 0.717) is 13.0 Å². The van der Waals surface area contributed by atoms with Gasteiger partial charge >= 0.3 is 0 Å². The number of benzene rings is 3. The number of nitrogens with zero attached hydrogens (tertiary/aromatic N) is 2. The predicted molar refractivity (Wildman–Crippen MR) is 157 cm³/mol. The molecule has 0 aliphatic rings. The molecule has 214 valence electrons. The van der Waals surface area contributed by atoms with Crippen molar-refractivity contribution in [2.24, 2.45) is 5.92 Å². The monoisotopic (exact) mass is 567 g/mol. The van der Waals surface area contributed by atoms with Crippen LogP contribution in [0.3, 0.4) is 0 Å². The smallest absolute Gasteiger partial charge is 0.243 e. The van der Waals surface area contributed by atoms with Crippen molar-refractivity contribution >= 4 is 27.5 Å². The molecule has 0 fully saturated rings. The standard InChI is InChI=1S/C31H38FN3O4S/c1-24(2)22-33-31(37)29(21-25-13-6-4-7-14-25)34(23-26-15-8-5-9-16-26)30(36)19-12-20-35(40(3,38)39)28-18-11-10-17-27(28)32/h4-11,13-18,24,29H,12,19-23H2,1-3H3,(H,33,37). The van der Waals surface area contributed by atoms with Crippen LogP contribution in [0.1, 0.15) is 37.8 Å². The quantitative estimate of drug-likeness (QED) is 0.304. The van der Waals surface area contributed by atoms with E-state index in [1.807, 2.05) is 74.5 Å². The lowest BCUT2D eigenvalue weighted by Gasteiger charge is -2.32. The zero-order valence-corrected chi connectivity index (χ0v) is 24.1. The van der Waals surface area contributed by atoms with Gasteiger partial charge in [0.1, 0.15) is 11.9 Å². The molecular weight excluding hydrogens is 529 g/mol. The number of hydrogen-bond acceptors (Lipinski definition) is 4. The first kappa shape index (κ1) is 30.8. The first-order valence-electron chi connectivity index (χ1n) is 13.4. The first-order chi connectivity index (χ1) is 19.1. The molecule has 0 heterocycles. The average Bonchev–Trinajstić information content (AvgIpc) is 2.92. The predicted octanol–water partition coefficient (Wildman–Crippen LogP) is 4.78. The first-order valence-corrected chi connectivity index (χ1v) is 15.3. The Hall–Kier alpha value is -3.72. The van der Waals surface area contributed by atoms with E-state index in [0.717, 1.165) is 21.7 Å². The number of nitrogens with one attached hydrogen (secondary N) is 1. The fraction of sp³-hybridized carbons (Fsp3) is 0.355. The maximum atomic E-state index is 14.4. The van der Waals surface area contributed by atoms with E-state index in [9.17, 15) is 22.4 Å². The summed E-state index contributed by atoms with van der Waals surface area (Å²) in [5.74, 6) is -0.952. The van der Waals surface area contributed by atoms with Crippen molar-refractivity contribution in [1.29, 1.82) is 0 Å². The zero-order chi connectivity index (χ0) is 29.1. The molecule has 0 aliphatic heterocycles. The summed E-state index contributed by atoms with van der Waals surface area (Å²) in [6.45, 7) is 4.62. The Morgan fingerprint density at radius 3 is 2.02 bits per heavy atom. The molecule has 7 nitrogen and oxygen atoms in total. The van der Waals surface area contributed by atoms with Crippen molar-refractivity contribution in [1.82, 2.24) is 10.2 Å². The van der Waals surface area contributed by atoms with Crippen molar-refractivity contribution < 1.29 is 22.4 Å². The molecule has 0 aromatic heterocycles. The highest BCUT2D eigenvalue weighted by atomic mass is 32.2. The molecule has 0 aliphatic carbocycles. The Balaban J connectivity index is 1.86. The fourth-order valence-electron chi connectivity index (χ4n) is 4.39. The topological polar surface area (TPSA) is 86.8 Å². The molecule has 2 amide bonds. The maximum Gasteiger partial charge on any atom is 0.243 e. The molecule has 1 unspecified atom stereocenters. The van der Waals surface area contributed by atoms with Gasteiger partial charge in [-0.15, -0.1) is 0 Å². The van der Waals surface area contributed by atoms with Crippen LogP contribution < -0.4 is 9.62 Å². The second-order valence-corrected chi connectivity index (χ2v) is 12.1. The number of sulfonamides is 1. The summed E-state index contributed by atoms with van der Waals surface area (Å²) >= 11 is 0. The number of para-hydroxylation sites is 1. The number of halogens is 1. The molecular formula is C31H38FN3O4S. The molecule has 3 aromatic rings. The molecule has 0 spiro atoms. The summed E-state index contributed by atoms with van der Waals surface area (Å²) in [6, 6.07) is 23.8. The Labute approximate surface area is 237 Å². The van der Waals surface area contributed by atoms with E-state index in [1.54, 1.807) is 11.0 Å². The minimum Gasteiger partial charge on any atom is -0.354 e. The average molecular weight is 568 g/mol. The van der Waals surface area contributed by atoms with E-state index < -0.39 is 21.9 Å². The Morgan fingerprint density at radius 1 is 0.875 bits per heavy atom. The molecule has 1 N–H and O–H groups in total. The maximum absolute atomic E-state index is 14.4. The van der Waals surface area contributed by atoms with Gasteiger partial charge in [0.25, 0.3) is 0 Å². The van der Waals surface area contributed by atoms with Crippen molar-refractivity contribution in [3.63, 3.8) is 0 Å². The van der Waals surface area contributed by atoms with E-state index >= 15 is 0 Å². The summed E-state index contributed by atoms with van der Waals surface area (Å²) in [6.07, 6.45) is 1.47. The minimum atomic E-state index is -3.79. The van der Waals surface area contributed by atoms with E-state index in [4.69, 9.17) is 0 Å². The van der Waals surface area contributed by atoms with E-state index in [2.05, 4.69) is 5.32 Å². The van der Waals surface area contributed by atoms with Crippen molar-refractivity contribution in [2.75, 3.05) is 23.7 Å². The largest absolute Gasteiger partial charge is 0.354 e. The molecule has 0 bridgehead atoms. The van der Waals surface area contributed by atoms with Gasteiger partial charge in [-0.3, -0.25) is 13.9 Å². The van der Waals surface area contributed by atoms with Gasteiger partial charge in [0, 0.05) is 32.5 Å². The third-order valence-corrected chi connectivity index (χ3v) is 7.60. The number of amides is 2. The zero-order valence-electron chi connectivity index (χ0n) is 23.3. The molecule has 0 radical (unpaired) electrons. The van der Waals surface area contributed by atoms with Crippen LogP contribution in [-0.2, 0) is 32.6 Å². The van der Waals surface area contributed by atoms with Crippen LogP contribution in [0.15, 0.2) is 84.9 Å². The Bertz CT molecular complexity index is 1350. The van der Waals surface area contributed by atoms with Crippen LogP contribution in [-0.4, -0.2) is 50.5 Å². The van der Waals surface area contributed by atoms with Crippen LogP contribution in [0, 0.1) is 11.7 Å². The van der Waals surface area contributed by atoms with Gasteiger partial charge in [-0.05, 0) is 35.6 Å². The highest BCUT2D eigenvalue weighted by molar-refractivity contribution is 7.92. The summed E-state index contributed by atoms with van der Waals surface area (Å²) in [5, 5.41) is 2.98. The number of carbonyl (C=O) groups is 2. The van der Waals surface area contributed by atoms with Crippen molar-refractivity contribution in [3.8, 4) is 0 Å². The van der Waals surface area contributed by atoms with E-state index in [1.165, 1.54) is 18.2 Å². The molecule has 1 atom stereocenters. The van der Waals surface area contributed by atoms with Gasteiger partial charge in [-0.2, -0.15) is 0 Å². The fourth-order valence-corrected chi connectivity index (χ4v) is 5.36. The number of anilines is 1. The molecule has 0 saturated heterocycles. The third kappa shape index (κ3) is 9.19. The highest BCUT2D eigenvalue weighted by Gasteiger charge is 2.30. The minimum absolute atomic E-state index is 0.0178. The van der Waals surface area contributed by atoms with Gasteiger partial charge in [0.05, 0.1) is 11.9 Å². The van der Waals surface area contributed by atoms with Gasteiger partial charge in [-0.1, -0.05) is 86.6 Å². The molecule has 9 heteroatoms. The van der Waals surface area contributed by atoms with Gasteiger partial charge in [0.15, 0.2) is 0 Å². The SMILES string of the molecule is CC(C)CNC(=O)C(Cc1ccccc1)N(Cc1ccccc1)C(=O)CCCN(c1ccccc1F)S(C)(=O)=O. The van der Waals surface area contributed by atoms with Crippen LogP contribution in [0.5, 0.6) is 0 Å². The molecule has 40 heavy (non-hydrogen) atoms. The normalized spacial score (nSPS) is 12.1. The van der Waals surface area contributed by atoms with Gasteiger partial charge < -0.3 is 10.2 Å². The molecule has 3 rings (SSSR count). The summed E-state index contributed by atoms with van der Waals surface area (Å²) in [5.41, 5.74) is 1.73. The molecule has 3 aromatic carbocycles. The highest BCUT2D eigenvalue weighted by Crippen LogP contribution is 2.23. The second kappa shape index (κ2) is 14.6. The van der Waals surface area contributed by atoms with Crippen molar-refractivity contribution in [2.45, 2.75) is 45.7 Å². The van der Waals surface area contributed by atoms with Gasteiger partial charge in [0.2, 0.25) is 21.8 Å². The van der Waals surface area contributed by atoms with Crippen molar-refractivity contribution in [3.05, 3.63) is 102 Å². The van der Waals surface area contributed by atoms with Gasteiger partial charge in [-0.25, -0.2) is 12.8 Å². The van der Waals surface area contributed by atoms with Crippen LogP contribution >= 0.6 is 0 Å². The third-order valence-electron chi connectivity index (χ3n) is 6.42. The number of carbonyl (C=O) groups excluding carboxylic acids is 2. The lowest BCUT2D eigenvalue weighted by Crippen LogP contribution is -2.51. The lowest BCUT2D eigenvalue weighted by atomic mass is 10.0. The van der Waals surface area contributed by atoms with E-state index in [-0.39, 0.29) is 49.4 Å². The Morgan fingerprint density at radius 2 is 1.45 bits per heavy atom. The summed E-state index contributed by atoms with van der Waals surface area (Å²) in [4.78, 5) is 28.8. The van der Waals surface area contributed by atoms with Crippen LogP contribution in [0.25, 0.3) is 0 Å². The second-order valence-electron chi connectivity index (χ2n) is 10.2. The van der Waals surface area contributed by atoms with Crippen LogP contribution in [0.4, 0.5) is 10.1 Å². The number of hydrogen-bond donors (Lipinski definition) is 1. The number of rotatable bonds is 14.